The molecule has 0 aliphatic rings. The lowest BCUT2D eigenvalue weighted by molar-refractivity contribution is 0.201. The standard InChI is InChI=1S/C10H15N5O3S/c1-13(8-19(17)18)3-4-14(2)10(16)15-7-9(5-11)6-12-15/h6-7H,3-4,8H2,1-2H3,(H,17,18). The first-order valence-electron chi connectivity index (χ1n) is 5.40. The molecule has 1 atom stereocenters. The molecule has 0 aliphatic carbocycles. The maximum Gasteiger partial charge on any atom is 0.344 e. The smallest absolute Gasteiger partial charge is 0.325 e. The Morgan fingerprint density at radius 2 is 2.26 bits per heavy atom. The molecule has 1 amide bonds. The Balaban J connectivity index is 2.49. The highest BCUT2D eigenvalue weighted by Crippen LogP contribution is 1.98. The maximum atomic E-state index is 11.9. The Morgan fingerprint density at radius 3 is 2.79 bits per heavy atom. The van der Waals surface area contributed by atoms with Crippen LogP contribution in [0.25, 0.3) is 0 Å². The third-order valence-electron chi connectivity index (χ3n) is 2.38. The van der Waals surface area contributed by atoms with Crippen LogP contribution in [0, 0.1) is 11.3 Å². The van der Waals surface area contributed by atoms with Gasteiger partial charge in [0.1, 0.15) is 11.9 Å². The Morgan fingerprint density at radius 1 is 1.58 bits per heavy atom. The summed E-state index contributed by atoms with van der Waals surface area (Å²) in [4.78, 5) is 15.0. The molecule has 0 saturated heterocycles. The Bertz CT molecular complexity index is 510. The summed E-state index contributed by atoms with van der Waals surface area (Å²) in [6, 6.07) is 1.53. The van der Waals surface area contributed by atoms with Crippen molar-refractivity contribution in [3.63, 3.8) is 0 Å². The summed E-state index contributed by atoms with van der Waals surface area (Å²) >= 11 is -1.89. The summed E-state index contributed by atoms with van der Waals surface area (Å²) in [5.74, 6) is 0.0301. The van der Waals surface area contributed by atoms with E-state index in [1.54, 1.807) is 19.0 Å². The van der Waals surface area contributed by atoms with E-state index in [4.69, 9.17) is 9.81 Å². The largest absolute Gasteiger partial charge is 0.344 e. The van der Waals surface area contributed by atoms with Gasteiger partial charge in [0, 0.05) is 20.1 Å². The van der Waals surface area contributed by atoms with Gasteiger partial charge in [-0.2, -0.15) is 15.0 Å². The number of nitrogens with zero attached hydrogens (tertiary/aromatic N) is 5. The van der Waals surface area contributed by atoms with E-state index in [0.29, 0.717) is 18.7 Å². The minimum Gasteiger partial charge on any atom is -0.325 e. The van der Waals surface area contributed by atoms with E-state index in [1.165, 1.54) is 17.3 Å². The predicted octanol–water partition coefficient (Wildman–Crippen LogP) is -0.234. The van der Waals surface area contributed by atoms with E-state index in [0.717, 1.165) is 4.68 Å². The second-order valence-electron chi connectivity index (χ2n) is 4.02. The highest BCUT2D eigenvalue weighted by molar-refractivity contribution is 7.79. The first-order chi connectivity index (χ1) is 8.93. The van der Waals surface area contributed by atoms with Crippen molar-refractivity contribution in [1.82, 2.24) is 19.6 Å². The van der Waals surface area contributed by atoms with E-state index >= 15 is 0 Å². The van der Waals surface area contributed by atoms with Crippen molar-refractivity contribution in [2.75, 3.05) is 33.1 Å². The van der Waals surface area contributed by atoms with Gasteiger partial charge in [-0.1, -0.05) is 0 Å². The molecule has 8 nitrogen and oxygen atoms in total. The maximum absolute atomic E-state index is 11.9. The lowest BCUT2D eigenvalue weighted by Crippen LogP contribution is -2.38. The topological polar surface area (TPSA) is 102 Å². The van der Waals surface area contributed by atoms with Crippen molar-refractivity contribution in [2.24, 2.45) is 0 Å². The molecule has 1 unspecified atom stereocenters. The molecule has 1 heterocycles. The Labute approximate surface area is 113 Å². The molecule has 1 aromatic rings. The number of nitriles is 1. The normalized spacial score (nSPS) is 12.2. The third-order valence-corrected chi connectivity index (χ3v) is 3.04. The molecule has 0 bridgehead atoms. The van der Waals surface area contributed by atoms with E-state index in [9.17, 15) is 9.00 Å². The zero-order valence-electron chi connectivity index (χ0n) is 10.7. The van der Waals surface area contributed by atoms with Gasteiger partial charge in [0.05, 0.1) is 18.0 Å². The van der Waals surface area contributed by atoms with Gasteiger partial charge in [0.15, 0.2) is 11.1 Å². The average Bonchev–Trinajstić information content (AvgIpc) is 2.82. The van der Waals surface area contributed by atoms with Crippen molar-refractivity contribution in [2.45, 2.75) is 0 Å². The minimum atomic E-state index is -1.89. The fourth-order valence-corrected chi connectivity index (χ4v) is 1.84. The fourth-order valence-electron chi connectivity index (χ4n) is 1.33. The van der Waals surface area contributed by atoms with E-state index < -0.39 is 11.1 Å². The molecule has 19 heavy (non-hydrogen) atoms. The minimum absolute atomic E-state index is 0.0301. The number of aromatic nitrogens is 2. The molecule has 0 spiro atoms. The summed E-state index contributed by atoms with van der Waals surface area (Å²) in [5.41, 5.74) is 0.314. The molecule has 0 fully saturated rings. The molecular formula is C10H15N5O3S. The molecular weight excluding hydrogens is 270 g/mol. The van der Waals surface area contributed by atoms with Crippen molar-refractivity contribution in [3.8, 4) is 6.07 Å². The predicted molar refractivity (Wildman–Crippen MR) is 68.6 cm³/mol. The van der Waals surface area contributed by atoms with Gasteiger partial charge < -0.3 is 9.45 Å². The van der Waals surface area contributed by atoms with Gasteiger partial charge in [-0.15, -0.1) is 0 Å². The van der Waals surface area contributed by atoms with E-state index in [1.807, 2.05) is 6.07 Å². The Kier molecular flexibility index (Phi) is 5.62. The van der Waals surface area contributed by atoms with Crippen LogP contribution in [0.1, 0.15) is 5.56 Å². The number of hydrogen-bond donors (Lipinski definition) is 1. The number of carbonyl (C=O) groups is 1. The summed E-state index contributed by atoms with van der Waals surface area (Å²) in [6.07, 6.45) is 2.66. The lowest BCUT2D eigenvalue weighted by atomic mass is 10.4. The van der Waals surface area contributed by atoms with Crippen molar-refractivity contribution in [3.05, 3.63) is 18.0 Å². The molecule has 9 heteroatoms. The van der Waals surface area contributed by atoms with Crippen LogP contribution in [-0.2, 0) is 11.1 Å². The molecule has 0 aliphatic heterocycles. The van der Waals surface area contributed by atoms with Crippen LogP contribution in [0.2, 0.25) is 0 Å². The SMILES string of the molecule is CN(CCN(C)C(=O)n1cc(C#N)cn1)CS(=O)O. The summed E-state index contributed by atoms with van der Waals surface area (Å²) in [6.45, 7) is 0.842. The fraction of sp³-hybridized carbons (Fsp3) is 0.500. The summed E-state index contributed by atoms with van der Waals surface area (Å²) in [7, 11) is 3.29. The number of amides is 1. The molecule has 1 aromatic heterocycles. The Hall–Kier alpha value is -1.76. The zero-order chi connectivity index (χ0) is 14.4. The lowest BCUT2D eigenvalue weighted by Gasteiger charge is -2.20. The molecule has 1 N–H and O–H groups in total. The van der Waals surface area contributed by atoms with Gasteiger partial charge in [0.2, 0.25) is 0 Å². The second-order valence-corrected chi connectivity index (χ2v) is 4.92. The van der Waals surface area contributed by atoms with Gasteiger partial charge in [-0.3, -0.25) is 4.90 Å². The number of hydrogen-bond acceptors (Lipinski definition) is 5. The van der Waals surface area contributed by atoms with Gasteiger partial charge >= 0.3 is 6.03 Å². The van der Waals surface area contributed by atoms with Crippen LogP contribution >= 0.6 is 0 Å². The van der Waals surface area contributed by atoms with Crippen molar-refractivity contribution in [1.29, 1.82) is 5.26 Å². The zero-order valence-corrected chi connectivity index (χ0v) is 11.5. The van der Waals surface area contributed by atoms with Gasteiger partial charge in [-0.05, 0) is 7.05 Å². The highest BCUT2D eigenvalue weighted by atomic mass is 32.2. The molecule has 104 valence electrons. The number of rotatable bonds is 5. The average molecular weight is 285 g/mol. The highest BCUT2D eigenvalue weighted by Gasteiger charge is 2.13. The van der Waals surface area contributed by atoms with Crippen LogP contribution in [0.5, 0.6) is 0 Å². The van der Waals surface area contributed by atoms with E-state index in [2.05, 4.69) is 5.10 Å². The van der Waals surface area contributed by atoms with E-state index in [-0.39, 0.29) is 11.9 Å². The summed E-state index contributed by atoms with van der Waals surface area (Å²) in [5, 5.41) is 12.4. The second kappa shape index (κ2) is 6.98. The van der Waals surface area contributed by atoms with Gasteiger partial charge in [0.25, 0.3) is 0 Å². The number of likely N-dealkylation sites (N-methyl/N-ethyl adjacent to an activating group) is 2. The van der Waals surface area contributed by atoms with Crippen LogP contribution < -0.4 is 0 Å². The quantitative estimate of drug-likeness (QED) is 0.749. The molecule has 0 radical (unpaired) electrons. The van der Waals surface area contributed by atoms with Crippen LogP contribution in [0.3, 0.4) is 0 Å². The molecule has 0 aromatic carbocycles. The molecule has 0 saturated carbocycles. The number of carbonyl (C=O) groups excluding carboxylic acids is 1. The first kappa shape index (κ1) is 15.3. The first-order valence-corrected chi connectivity index (χ1v) is 6.68. The monoisotopic (exact) mass is 285 g/mol. The van der Waals surface area contributed by atoms with Crippen LogP contribution in [-0.4, -0.2) is 67.4 Å². The summed E-state index contributed by atoms with van der Waals surface area (Å²) < 4.78 is 20.4. The van der Waals surface area contributed by atoms with Crippen molar-refractivity contribution >= 4 is 17.1 Å². The van der Waals surface area contributed by atoms with Crippen molar-refractivity contribution < 1.29 is 13.6 Å². The molecule has 1 rings (SSSR count). The van der Waals surface area contributed by atoms with Crippen LogP contribution in [0.15, 0.2) is 12.4 Å². The van der Waals surface area contributed by atoms with Crippen LogP contribution in [0.4, 0.5) is 4.79 Å². The van der Waals surface area contributed by atoms with Gasteiger partial charge in [-0.25, -0.2) is 9.00 Å². The third kappa shape index (κ3) is 4.78.